The molecule has 0 aromatic rings. The third-order valence-corrected chi connectivity index (χ3v) is 2.15. The van der Waals surface area contributed by atoms with Crippen LogP contribution >= 0.6 is 0 Å². The van der Waals surface area contributed by atoms with Crippen LogP contribution in [-0.4, -0.2) is 32.2 Å². The third kappa shape index (κ3) is 10.9. The molecule has 0 amide bonds. The van der Waals surface area contributed by atoms with Gasteiger partial charge in [0, 0.05) is 6.04 Å². The fourth-order valence-corrected chi connectivity index (χ4v) is 1.53. The van der Waals surface area contributed by atoms with E-state index in [1.165, 1.54) is 0 Å². The van der Waals surface area contributed by atoms with Crippen LogP contribution in [0.4, 0.5) is 0 Å². The summed E-state index contributed by atoms with van der Waals surface area (Å²) in [6.45, 7) is -0.0676. The maximum absolute atomic E-state index is 10.4. The van der Waals surface area contributed by atoms with Crippen molar-refractivity contribution in [3.8, 4) is 0 Å². The van der Waals surface area contributed by atoms with Crippen molar-refractivity contribution in [2.24, 2.45) is 5.73 Å². The van der Waals surface area contributed by atoms with Crippen molar-refractivity contribution in [2.75, 3.05) is 13.2 Å². The smallest absolute Gasteiger partial charge is 0.853 e. The fraction of sp³-hybridized carbons (Fsp3) is 1.00. The van der Waals surface area contributed by atoms with Gasteiger partial charge in [0.05, 0.1) is 0 Å². The Morgan fingerprint density at radius 2 is 2.00 bits per heavy atom. The molecule has 4 N–H and O–H groups in total. The Morgan fingerprint density at radius 3 is 2.36 bits per heavy atom. The Hall–Kier alpha value is 0.790. The molecule has 0 spiro atoms. The Morgan fingerprint density at radius 1 is 1.43 bits per heavy atom. The maximum atomic E-state index is 10.4. The van der Waals surface area contributed by atoms with Gasteiger partial charge in [-0.05, 0) is 19.4 Å². The zero-order valence-electron chi connectivity index (χ0n) is 8.27. The SMILES string of the molecule is NCCCC[C@@H](C[O-])NS(=O)(=O)O.[Na+]. The zero-order chi connectivity index (χ0) is 10.3. The first-order valence-electron chi connectivity index (χ1n) is 4.02. The van der Waals surface area contributed by atoms with Gasteiger partial charge in [-0.3, -0.25) is 4.55 Å². The van der Waals surface area contributed by atoms with Gasteiger partial charge in [0.15, 0.2) is 0 Å². The minimum atomic E-state index is -4.25. The predicted molar refractivity (Wildman–Crippen MR) is 46.2 cm³/mol. The number of unbranched alkanes of at least 4 members (excludes halogenated alkanes) is 1. The minimum Gasteiger partial charge on any atom is -0.853 e. The van der Waals surface area contributed by atoms with Gasteiger partial charge >= 0.3 is 39.9 Å². The van der Waals surface area contributed by atoms with Crippen molar-refractivity contribution in [1.82, 2.24) is 4.72 Å². The molecule has 0 saturated carbocycles. The molecule has 0 unspecified atom stereocenters. The van der Waals surface area contributed by atoms with Crippen LogP contribution in [0.3, 0.4) is 0 Å². The molecule has 0 saturated heterocycles. The van der Waals surface area contributed by atoms with Gasteiger partial charge in [0.25, 0.3) is 0 Å². The van der Waals surface area contributed by atoms with E-state index < -0.39 is 23.0 Å². The molecule has 6 nitrogen and oxygen atoms in total. The largest absolute Gasteiger partial charge is 1.00 e. The molecule has 0 rings (SSSR count). The number of hydrogen-bond acceptors (Lipinski definition) is 4. The molecule has 0 aliphatic rings. The zero-order valence-corrected chi connectivity index (χ0v) is 11.1. The summed E-state index contributed by atoms with van der Waals surface area (Å²) in [5, 5.41) is 10.4. The second-order valence-corrected chi connectivity index (χ2v) is 3.93. The molecule has 80 valence electrons. The van der Waals surface area contributed by atoms with Crippen LogP contribution < -0.4 is 45.1 Å². The van der Waals surface area contributed by atoms with Gasteiger partial charge in [-0.1, -0.05) is 6.42 Å². The average Bonchev–Trinajstić information content (AvgIpc) is 2.01. The van der Waals surface area contributed by atoms with Crippen LogP contribution in [0.15, 0.2) is 0 Å². The maximum Gasteiger partial charge on any atom is 1.00 e. The van der Waals surface area contributed by atoms with Crippen LogP contribution in [0.5, 0.6) is 0 Å². The quantitative estimate of drug-likeness (QED) is 0.232. The summed E-state index contributed by atoms with van der Waals surface area (Å²) in [6.07, 6.45) is 1.82. The molecule has 0 aliphatic carbocycles. The van der Waals surface area contributed by atoms with Crippen molar-refractivity contribution in [3.63, 3.8) is 0 Å². The van der Waals surface area contributed by atoms with E-state index in [1.807, 2.05) is 4.72 Å². The van der Waals surface area contributed by atoms with Gasteiger partial charge in [0.2, 0.25) is 0 Å². The van der Waals surface area contributed by atoms with E-state index >= 15 is 0 Å². The van der Waals surface area contributed by atoms with Crippen molar-refractivity contribution in [1.29, 1.82) is 0 Å². The van der Waals surface area contributed by atoms with Gasteiger partial charge in [-0.2, -0.15) is 13.1 Å². The van der Waals surface area contributed by atoms with E-state index in [-0.39, 0.29) is 29.6 Å². The summed E-state index contributed by atoms with van der Waals surface area (Å²) in [6, 6.07) is -0.735. The number of hydrogen-bond donors (Lipinski definition) is 3. The summed E-state index contributed by atoms with van der Waals surface area (Å²) in [7, 11) is -4.25. The van der Waals surface area contributed by atoms with E-state index in [9.17, 15) is 13.5 Å². The Bertz CT molecular complexity index is 222. The third-order valence-electron chi connectivity index (χ3n) is 1.52. The standard InChI is InChI=1S/C6H15N2O4S.Na/c7-4-2-1-3-6(5-9)8-13(10,11)12;/h6,8H,1-5,7H2,(H,10,11,12);/q-1;+1/t6-;/m0./s1. The molecule has 1 atom stereocenters. The second-order valence-electron chi connectivity index (χ2n) is 2.74. The van der Waals surface area contributed by atoms with Crippen molar-refractivity contribution < 1.29 is 47.6 Å². The first kappa shape index (κ1) is 17.2. The summed E-state index contributed by atoms with van der Waals surface area (Å²) in [4.78, 5) is 0. The van der Waals surface area contributed by atoms with Gasteiger partial charge in [-0.25, -0.2) is 0 Å². The molecule has 14 heavy (non-hydrogen) atoms. The predicted octanol–water partition coefficient (Wildman–Crippen LogP) is -4.76. The van der Waals surface area contributed by atoms with Crippen LogP contribution in [0.2, 0.25) is 0 Å². The van der Waals surface area contributed by atoms with Crippen molar-refractivity contribution >= 4 is 10.3 Å². The van der Waals surface area contributed by atoms with E-state index in [1.54, 1.807) is 0 Å². The first-order chi connectivity index (χ1) is 5.99. The number of nitrogens with two attached hydrogens (primary N) is 1. The molecule has 0 fully saturated rings. The normalized spacial score (nSPS) is 13.4. The molecule has 0 aromatic carbocycles. The van der Waals surface area contributed by atoms with Crippen LogP contribution in [-0.2, 0) is 10.3 Å². The van der Waals surface area contributed by atoms with E-state index in [2.05, 4.69) is 0 Å². The van der Waals surface area contributed by atoms with E-state index in [0.717, 1.165) is 6.42 Å². The first-order valence-corrected chi connectivity index (χ1v) is 5.46. The fourth-order valence-electron chi connectivity index (χ4n) is 0.922. The number of nitrogens with one attached hydrogen (secondary N) is 1. The van der Waals surface area contributed by atoms with Crippen molar-refractivity contribution in [3.05, 3.63) is 0 Å². The number of rotatable bonds is 7. The molecular formula is C6H15N2NaO4S. The van der Waals surface area contributed by atoms with Crippen LogP contribution in [0, 0.1) is 0 Å². The Labute approximate surface area is 106 Å². The van der Waals surface area contributed by atoms with Gasteiger partial charge < -0.3 is 10.8 Å². The van der Waals surface area contributed by atoms with Crippen molar-refractivity contribution in [2.45, 2.75) is 25.3 Å². The van der Waals surface area contributed by atoms with E-state index in [4.69, 9.17) is 10.3 Å². The van der Waals surface area contributed by atoms with Crippen LogP contribution in [0.1, 0.15) is 19.3 Å². The van der Waals surface area contributed by atoms with Gasteiger partial charge in [0.1, 0.15) is 0 Å². The molecule has 0 radical (unpaired) electrons. The monoisotopic (exact) mass is 234 g/mol. The van der Waals surface area contributed by atoms with Crippen LogP contribution in [0.25, 0.3) is 0 Å². The van der Waals surface area contributed by atoms with Gasteiger partial charge in [-0.15, -0.1) is 6.61 Å². The van der Waals surface area contributed by atoms with E-state index in [0.29, 0.717) is 19.4 Å². The molecular weight excluding hydrogens is 219 g/mol. The Balaban J connectivity index is 0. The summed E-state index contributed by atoms with van der Waals surface area (Å²) in [5.74, 6) is 0. The molecule has 0 heterocycles. The Kier molecular flexibility index (Phi) is 11.1. The summed E-state index contributed by atoms with van der Waals surface area (Å²) < 4.78 is 30.8. The molecule has 0 aromatic heterocycles. The minimum absolute atomic E-state index is 0. The summed E-state index contributed by atoms with van der Waals surface area (Å²) in [5.41, 5.74) is 5.22. The second kappa shape index (κ2) is 9.05. The topological polar surface area (TPSA) is 115 Å². The molecule has 0 bridgehead atoms. The molecule has 8 heteroatoms. The molecule has 0 aliphatic heterocycles. The summed E-state index contributed by atoms with van der Waals surface area (Å²) >= 11 is 0. The average molecular weight is 234 g/mol.